The lowest BCUT2D eigenvalue weighted by Gasteiger charge is -2.12. The van der Waals surface area contributed by atoms with Crippen LogP contribution in [-0.2, 0) is 4.84 Å². The molecule has 0 bridgehead atoms. The normalized spacial score (nSPS) is 13.0. The quantitative estimate of drug-likeness (QED) is 0.684. The number of carbonyl (C=O) groups excluding carboxylic acids is 3. The molecule has 0 saturated carbocycles. The molecule has 0 atom stereocenters. The summed E-state index contributed by atoms with van der Waals surface area (Å²) >= 11 is 0. The van der Waals surface area contributed by atoms with Crippen LogP contribution in [0.5, 0.6) is 0 Å². The first-order chi connectivity index (χ1) is 12.1. The second kappa shape index (κ2) is 5.72. The zero-order valence-corrected chi connectivity index (χ0v) is 12.7. The Morgan fingerprint density at radius 1 is 1.00 bits per heavy atom. The fourth-order valence-electron chi connectivity index (χ4n) is 2.54. The van der Waals surface area contributed by atoms with Crippen molar-refractivity contribution < 1.29 is 23.6 Å². The zero-order chi connectivity index (χ0) is 17.4. The Morgan fingerprint density at radius 2 is 1.72 bits per heavy atom. The lowest BCUT2D eigenvalue weighted by atomic mass is 10.1. The molecule has 2 aromatic carbocycles. The van der Waals surface area contributed by atoms with Crippen LogP contribution in [0.2, 0.25) is 0 Å². The zero-order valence-electron chi connectivity index (χ0n) is 12.7. The number of amides is 2. The van der Waals surface area contributed by atoms with Crippen LogP contribution >= 0.6 is 0 Å². The topological polar surface area (TPSA) is 89.7 Å². The van der Waals surface area contributed by atoms with Gasteiger partial charge >= 0.3 is 5.97 Å². The van der Waals surface area contributed by atoms with Crippen molar-refractivity contribution in [3.8, 4) is 11.3 Å². The third kappa shape index (κ3) is 2.47. The highest BCUT2D eigenvalue weighted by molar-refractivity contribution is 6.21. The number of fused-ring (bicyclic) bond motifs is 1. The number of hydrogen-bond acceptors (Lipinski definition) is 6. The van der Waals surface area contributed by atoms with Gasteiger partial charge in [-0.15, -0.1) is 0 Å². The predicted octanol–water partition coefficient (Wildman–Crippen LogP) is 2.71. The summed E-state index contributed by atoms with van der Waals surface area (Å²) in [4.78, 5) is 45.7. The summed E-state index contributed by atoms with van der Waals surface area (Å²) in [6, 6.07) is 12.7. The Balaban J connectivity index is 1.58. The molecule has 122 valence electrons. The van der Waals surface area contributed by atoms with E-state index < -0.39 is 17.8 Å². The van der Waals surface area contributed by atoms with Gasteiger partial charge in [-0.2, -0.15) is 0 Å². The van der Waals surface area contributed by atoms with Gasteiger partial charge in [0.2, 0.25) is 0 Å². The smallest absolute Gasteiger partial charge is 0.363 e. The van der Waals surface area contributed by atoms with Gasteiger partial charge in [0.15, 0.2) is 12.2 Å². The number of imide groups is 1. The Kier molecular flexibility index (Phi) is 3.39. The van der Waals surface area contributed by atoms with E-state index in [1.54, 1.807) is 24.3 Å². The van der Waals surface area contributed by atoms with Crippen LogP contribution in [0.25, 0.3) is 11.3 Å². The average Bonchev–Trinajstić information content (AvgIpc) is 3.26. The van der Waals surface area contributed by atoms with E-state index >= 15 is 0 Å². The van der Waals surface area contributed by atoms with Crippen molar-refractivity contribution in [3.05, 3.63) is 77.8 Å². The molecular weight excluding hydrogens is 324 g/mol. The Bertz CT molecular complexity index is 959. The summed E-state index contributed by atoms with van der Waals surface area (Å²) in [6.45, 7) is 0. The first-order valence-electron chi connectivity index (χ1n) is 7.34. The summed E-state index contributed by atoms with van der Waals surface area (Å²) in [5.74, 6) is -1.67. The third-order valence-electron chi connectivity index (χ3n) is 3.75. The molecule has 0 spiro atoms. The molecule has 0 fully saturated rings. The van der Waals surface area contributed by atoms with E-state index in [0.29, 0.717) is 16.4 Å². The number of hydrogen-bond donors (Lipinski definition) is 0. The van der Waals surface area contributed by atoms with Gasteiger partial charge in [0.1, 0.15) is 0 Å². The van der Waals surface area contributed by atoms with Gasteiger partial charge in [-0.1, -0.05) is 29.3 Å². The molecule has 1 aliphatic rings. The molecule has 2 amide bonds. The Morgan fingerprint density at radius 3 is 2.36 bits per heavy atom. The Hall–Kier alpha value is -3.74. The molecule has 7 nitrogen and oxygen atoms in total. The average molecular weight is 334 g/mol. The van der Waals surface area contributed by atoms with Crippen LogP contribution in [0.4, 0.5) is 0 Å². The first kappa shape index (κ1) is 14.8. The highest BCUT2D eigenvalue weighted by Gasteiger charge is 2.38. The number of benzene rings is 2. The molecule has 4 rings (SSSR count). The van der Waals surface area contributed by atoms with Crippen LogP contribution < -0.4 is 0 Å². The SMILES string of the molecule is O=C(ON1C(=O)c2ccccc2C1=O)c1cccc(-c2cnco2)c1. The van der Waals surface area contributed by atoms with Crippen molar-refractivity contribution in [2.45, 2.75) is 0 Å². The first-order valence-corrected chi connectivity index (χ1v) is 7.34. The fourth-order valence-corrected chi connectivity index (χ4v) is 2.54. The molecule has 2 heterocycles. The lowest BCUT2D eigenvalue weighted by molar-refractivity contribution is -0.0584. The minimum Gasteiger partial charge on any atom is -0.444 e. The number of oxazole rings is 1. The maximum Gasteiger partial charge on any atom is 0.363 e. The van der Waals surface area contributed by atoms with E-state index in [1.807, 2.05) is 0 Å². The molecule has 1 aliphatic heterocycles. The largest absolute Gasteiger partial charge is 0.444 e. The highest BCUT2D eigenvalue weighted by Crippen LogP contribution is 2.24. The van der Waals surface area contributed by atoms with Crippen molar-refractivity contribution in [1.29, 1.82) is 0 Å². The van der Waals surface area contributed by atoms with Crippen molar-refractivity contribution >= 4 is 17.8 Å². The van der Waals surface area contributed by atoms with E-state index in [-0.39, 0.29) is 16.7 Å². The number of carbonyl (C=O) groups is 3. The van der Waals surface area contributed by atoms with Crippen LogP contribution in [0.15, 0.2) is 65.5 Å². The van der Waals surface area contributed by atoms with E-state index in [4.69, 9.17) is 9.25 Å². The van der Waals surface area contributed by atoms with E-state index in [2.05, 4.69) is 4.98 Å². The van der Waals surface area contributed by atoms with Crippen LogP contribution in [0.1, 0.15) is 31.1 Å². The monoisotopic (exact) mass is 334 g/mol. The van der Waals surface area contributed by atoms with E-state index in [0.717, 1.165) is 0 Å². The predicted molar refractivity (Wildman–Crippen MR) is 84.3 cm³/mol. The number of nitrogens with zero attached hydrogens (tertiary/aromatic N) is 2. The van der Waals surface area contributed by atoms with Crippen molar-refractivity contribution in [3.63, 3.8) is 0 Å². The van der Waals surface area contributed by atoms with Crippen LogP contribution in [-0.4, -0.2) is 27.8 Å². The molecule has 3 aromatic rings. The molecule has 7 heteroatoms. The maximum atomic E-state index is 12.4. The standard InChI is InChI=1S/C18H10N2O5/c21-16-13-6-1-2-7-14(13)17(22)20(16)25-18(23)12-5-3-4-11(8-12)15-9-19-10-24-15/h1-10H. The Labute approximate surface area is 141 Å². The number of hydroxylamine groups is 2. The van der Waals surface area contributed by atoms with Gasteiger partial charge in [0, 0.05) is 5.56 Å². The molecule has 0 radical (unpaired) electrons. The molecule has 25 heavy (non-hydrogen) atoms. The summed E-state index contributed by atoms with van der Waals surface area (Å²) in [6.07, 6.45) is 2.79. The highest BCUT2D eigenvalue weighted by atomic mass is 16.7. The van der Waals surface area contributed by atoms with Gasteiger partial charge in [0.25, 0.3) is 11.8 Å². The third-order valence-corrected chi connectivity index (χ3v) is 3.75. The summed E-state index contributed by atoms with van der Waals surface area (Å²) < 4.78 is 5.18. The number of rotatable bonds is 3. The molecule has 0 N–H and O–H groups in total. The van der Waals surface area contributed by atoms with Gasteiger partial charge in [-0.3, -0.25) is 9.59 Å². The molecule has 1 aromatic heterocycles. The summed E-state index contributed by atoms with van der Waals surface area (Å²) in [5.41, 5.74) is 1.20. The fraction of sp³-hybridized carbons (Fsp3) is 0. The molecular formula is C18H10N2O5. The summed E-state index contributed by atoms with van der Waals surface area (Å²) in [7, 11) is 0. The van der Waals surface area contributed by atoms with Gasteiger partial charge in [0.05, 0.1) is 22.9 Å². The van der Waals surface area contributed by atoms with Gasteiger partial charge in [-0.25, -0.2) is 9.78 Å². The van der Waals surface area contributed by atoms with Gasteiger partial charge in [-0.05, 0) is 24.3 Å². The van der Waals surface area contributed by atoms with E-state index in [9.17, 15) is 14.4 Å². The molecule has 0 unspecified atom stereocenters. The minimum absolute atomic E-state index is 0.172. The van der Waals surface area contributed by atoms with Crippen molar-refractivity contribution in [2.75, 3.05) is 0 Å². The van der Waals surface area contributed by atoms with Crippen LogP contribution in [0, 0.1) is 0 Å². The second-order valence-electron chi connectivity index (χ2n) is 5.28. The van der Waals surface area contributed by atoms with Crippen molar-refractivity contribution in [2.24, 2.45) is 0 Å². The lowest BCUT2D eigenvalue weighted by Crippen LogP contribution is -2.32. The van der Waals surface area contributed by atoms with Crippen molar-refractivity contribution in [1.82, 2.24) is 10.0 Å². The summed E-state index contributed by atoms with van der Waals surface area (Å²) in [5, 5.41) is 0.480. The van der Waals surface area contributed by atoms with E-state index in [1.165, 1.54) is 36.9 Å². The second-order valence-corrected chi connectivity index (χ2v) is 5.28. The molecule has 0 saturated heterocycles. The number of aromatic nitrogens is 1. The maximum absolute atomic E-state index is 12.4. The molecule has 0 aliphatic carbocycles. The van der Waals surface area contributed by atoms with Crippen LogP contribution in [0.3, 0.4) is 0 Å². The minimum atomic E-state index is -0.823. The van der Waals surface area contributed by atoms with Gasteiger partial charge < -0.3 is 9.25 Å².